The SMILES string of the molecule is COc1ccccc1C(CC(=O)N1CCC(C)CC1)c1cnc2ccccn12. The van der Waals surface area contributed by atoms with E-state index >= 15 is 0 Å². The minimum atomic E-state index is -0.111. The summed E-state index contributed by atoms with van der Waals surface area (Å²) in [4.78, 5) is 19.7. The van der Waals surface area contributed by atoms with E-state index in [1.807, 2.05) is 53.7 Å². The topological polar surface area (TPSA) is 46.8 Å². The van der Waals surface area contributed by atoms with Gasteiger partial charge in [0, 0.05) is 43.4 Å². The van der Waals surface area contributed by atoms with Crippen molar-refractivity contribution in [2.75, 3.05) is 20.2 Å². The minimum absolute atomic E-state index is 0.111. The Morgan fingerprint density at radius 1 is 1.18 bits per heavy atom. The molecule has 0 aliphatic carbocycles. The van der Waals surface area contributed by atoms with E-state index in [4.69, 9.17) is 4.74 Å². The fourth-order valence-electron chi connectivity index (χ4n) is 4.10. The molecule has 1 aromatic carbocycles. The van der Waals surface area contributed by atoms with E-state index in [0.29, 0.717) is 12.3 Å². The van der Waals surface area contributed by atoms with Crippen molar-refractivity contribution in [3.8, 4) is 5.75 Å². The number of carbonyl (C=O) groups is 1. The number of methoxy groups -OCH3 is 1. The van der Waals surface area contributed by atoms with Crippen molar-refractivity contribution in [3.05, 3.63) is 66.1 Å². The van der Waals surface area contributed by atoms with Gasteiger partial charge in [-0.2, -0.15) is 0 Å². The molecule has 1 aliphatic heterocycles. The lowest BCUT2D eigenvalue weighted by Gasteiger charge is -2.31. The van der Waals surface area contributed by atoms with Crippen LogP contribution in [-0.2, 0) is 4.79 Å². The van der Waals surface area contributed by atoms with Crippen molar-refractivity contribution in [1.29, 1.82) is 0 Å². The molecule has 1 amide bonds. The Labute approximate surface area is 166 Å². The van der Waals surface area contributed by atoms with Crippen LogP contribution in [0.25, 0.3) is 5.65 Å². The summed E-state index contributed by atoms with van der Waals surface area (Å²) in [5.41, 5.74) is 2.92. The van der Waals surface area contributed by atoms with Crippen molar-refractivity contribution in [2.45, 2.75) is 32.1 Å². The molecule has 1 unspecified atom stereocenters. The maximum Gasteiger partial charge on any atom is 0.223 e. The van der Waals surface area contributed by atoms with E-state index in [1.54, 1.807) is 7.11 Å². The van der Waals surface area contributed by atoms with Gasteiger partial charge in [-0.15, -0.1) is 0 Å². The number of nitrogens with zero attached hydrogens (tertiary/aromatic N) is 3. The number of amides is 1. The van der Waals surface area contributed by atoms with Crippen LogP contribution in [0.3, 0.4) is 0 Å². The van der Waals surface area contributed by atoms with Crippen molar-refractivity contribution >= 4 is 11.6 Å². The molecule has 1 aliphatic rings. The number of aromatic nitrogens is 2. The molecule has 3 aromatic rings. The zero-order valence-electron chi connectivity index (χ0n) is 16.5. The maximum absolute atomic E-state index is 13.2. The number of ether oxygens (including phenoxy) is 1. The number of hydrogen-bond donors (Lipinski definition) is 0. The molecule has 0 N–H and O–H groups in total. The molecule has 0 bridgehead atoms. The Hall–Kier alpha value is -2.82. The van der Waals surface area contributed by atoms with Crippen molar-refractivity contribution < 1.29 is 9.53 Å². The first kappa shape index (κ1) is 18.5. The van der Waals surface area contributed by atoms with Gasteiger partial charge in [0.2, 0.25) is 5.91 Å². The van der Waals surface area contributed by atoms with E-state index in [2.05, 4.69) is 22.4 Å². The Bertz CT molecular complexity index is 957. The molecule has 1 atom stereocenters. The number of piperidine rings is 1. The summed E-state index contributed by atoms with van der Waals surface area (Å²) in [6.07, 6.45) is 6.48. The van der Waals surface area contributed by atoms with Crippen LogP contribution in [0.4, 0.5) is 0 Å². The second-order valence-corrected chi connectivity index (χ2v) is 7.67. The monoisotopic (exact) mass is 377 g/mol. The lowest BCUT2D eigenvalue weighted by Crippen LogP contribution is -2.38. The molecule has 5 nitrogen and oxygen atoms in total. The van der Waals surface area contributed by atoms with Gasteiger partial charge in [-0.05, 0) is 37.0 Å². The number of hydrogen-bond acceptors (Lipinski definition) is 3. The van der Waals surface area contributed by atoms with E-state index in [0.717, 1.165) is 48.6 Å². The quantitative estimate of drug-likeness (QED) is 0.672. The van der Waals surface area contributed by atoms with E-state index < -0.39 is 0 Å². The minimum Gasteiger partial charge on any atom is -0.496 e. The average Bonchev–Trinajstić information content (AvgIpc) is 3.16. The third-order valence-electron chi connectivity index (χ3n) is 5.83. The fourth-order valence-corrected chi connectivity index (χ4v) is 4.10. The van der Waals surface area contributed by atoms with Gasteiger partial charge < -0.3 is 14.0 Å². The molecule has 0 spiro atoms. The average molecular weight is 377 g/mol. The zero-order valence-corrected chi connectivity index (χ0v) is 16.5. The van der Waals surface area contributed by atoms with Gasteiger partial charge in [0.1, 0.15) is 11.4 Å². The Kier molecular flexibility index (Phi) is 5.33. The van der Waals surface area contributed by atoms with E-state index in [1.165, 1.54) is 0 Å². The number of likely N-dealkylation sites (tertiary alicyclic amines) is 1. The number of pyridine rings is 1. The lowest BCUT2D eigenvalue weighted by atomic mass is 9.90. The number of carbonyl (C=O) groups excluding carboxylic acids is 1. The Balaban J connectivity index is 1.71. The van der Waals surface area contributed by atoms with Crippen LogP contribution in [-0.4, -0.2) is 40.4 Å². The molecule has 0 saturated carbocycles. The maximum atomic E-state index is 13.2. The van der Waals surface area contributed by atoms with Crippen LogP contribution < -0.4 is 4.74 Å². The number of para-hydroxylation sites is 1. The third kappa shape index (κ3) is 3.61. The molecule has 4 rings (SSSR count). The van der Waals surface area contributed by atoms with E-state index in [9.17, 15) is 4.79 Å². The molecule has 1 saturated heterocycles. The highest BCUT2D eigenvalue weighted by molar-refractivity contribution is 5.78. The van der Waals surface area contributed by atoms with Gasteiger partial charge in [0.15, 0.2) is 0 Å². The highest BCUT2D eigenvalue weighted by Crippen LogP contribution is 2.35. The number of benzene rings is 1. The van der Waals surface area contributed by atoms with Crippen LogP contribution >= 0.6 is 0 Å². The normalized spacial score (nSPS) is 16.3. The van der Waals surface area contributed by atoms with Gasteiger partial charge in [0.05, 0.1) is 12.8 Å². The first-order valence-electron chi connectivity index (χ1n) is 10.00. The molecule has 3 heterocycles. The van der Waals surface area contributed by atoms with Crippen LogP contribution in [0.2, 0.25) is 0 Å². The van der Waals surface area contributed by atoms with Crippen LogP contribution in [0, 0.1) is 5.92 Å². The van der Waals surface area contributed by atoms with Gasteiger partial charge >= 0.3 is 0 Å². The standard InChI is InChI=1S/C23H27N3O2/c1-17-10-13-25(14-11-17)23(27)15-19(18-7-3-4-8-21(18)28-2)20-16-24-22-9-5-6-12-26(20)22/h3-9,12,16-17,19H,10-11,13-15H2,1-2H3. The van der Waals surface area contributed by atoms with Crippen molar-refractivity contribution in [1.82, 2.24) is 14.3 Å². The molecule has 0 radical (unpaired) electrons. The van der Waals surface area contributed by atoms with Crippen LogP contribution in [0.5, 0.6) is 5.75 Å². The summed E-state index contributed by atoms with van der Waals surface area (Å²) in [5.74, 6) is 1.60. The van der Waals surface area contributed by atoms with Gasteiger partial charge in [-0.25, -0.2) is 4.98 Å². The number of fused-ring (bicyclic) bond motifs is 1. The summed E-state index contributed by atoms with van der Waals surface area (Å²) in [5, 5.41) is 0. The predicted molar refractivity (Wildman–Crippen MR) is 110 cm³/mol. The summed E-state index contributed by atoms with van der Waals surface area (Å²) in [6, 6.07) is 13.9. The second-order valence-electron chi connectivity index (χ2n) is 7.67. The number of imidazole rings is 1. The second kappa shape index (κ2) is 8.05. The summed E-state index contributed by atoms with van der Waals surface area (Å²) in [6.45, 7) is 3.97. The molecule has 1 fully saturated rings. The molecule has 28 heavy (non-hydrogen) atoms. The molecular weight excluding hydrogens is 350 g/mol. The Morgan fingerprint density at radius 2 is 1.93 bits per heavy atom. The highest BCUT2D eigenvalue weighted by atomic mass is 16.5. The third-order valence-corrected chi connectivity index (χ3v) is 5.83. The van der Waals surface area contributed by atoms with Gasteiger partial charge in [-0.3, -0.25) is 4.79 Å². The highest BCUT2D eigenvalue weighted by Gasteiger charge is 2.28. The smallest absolute Gasteiger partial charge is 0.223 e. The molecular formula is C23H27N3O2. The predicted octanol–water partition coefficient (Wildman–Crippen LogP) is 4.12. The first-order chi connectivity index (χ1) is 13.7. The van der Waals surface area contributed by atoms with Gasteiger partial charge in [-0.1, -0.05) is 31.2 Å². The summed E-state index contributed by atoms with van der Waals surface area (Å²) < 4.78 is 7.70. The summed E-state index contributed by atoms with van der Waals surface area (Å²) in [7, 11) is 1.68. The molecule has 2 aromatic heterocycles. The van der Waals surface area contributed by atoms with E-state index in [-0.39, 0.29) is 11.8 Å². The van der Waals surface area contributed by atoms with Crippen molar-refractivity contribution in [3.63, 3.8) is 0 Å². The Morgan fingerprint density at radius 3 is 2.71 bits per heavy atom. The van der Waals surface area contributed by atoms with Gasteiger partial charge in [0.25, 0.3) is 0 Å². The fraction of sp³-hybridized carbons (Fsp3) is 0.391. The molecule has 146 valence electrons. The van der Waals surface area contributed by atoms with Crippen molar-refractivity contribution in [2.24, 2.45) is 5.92 Å². The summed E-state index contributed by atoms with van der Waals surface area (Å²) >= 11 is 0. The lowest BCUT2D eigenvalue weighted by molar-refractivity contribution is -0.132. The number of rotatable bonds is 5. The van der Waals surface area contributed by atoms with Crippen LogP contribution in [0.15, 0.2) is 54.9 Å². The van der Waals surface area contributed by atoms with Crippen LogP contribution in [0.1, 0.15) is 43.4 Å². The zero-order chi connectivity index (χ0) is 19.5. The first-order valence-corrected chi connectivity index (χ1v) is 10.00. The largest absolute Gasteiger partial charge is 0.496 e. The molecule has 5 heteroatoms.